The van der Waals surface area contributed by atoms with Crippen LogP contribution in [-0.2, 0) is 29.1 Å². The summed E-state index contributed by atoms with van der Waals surface area (Å²) in [5.74, 6) is 1.85. The molecule has 2 rings (SSSR count). The summed E-state index contributed by atoms with van der Waals surface area (Å²) in [6.07, 6.45) is 2.88. The van der Waals surface area contributed by atoms with Crippen molar-refractivity contribution in [2.75, 3.05) is 18.6 Å². The number of hydrogen-bond acceptors (Lipinski definition) is 6. The predicted octanol–water partition coefficient (Wildman–Crippen LogP) is 1.84. The first-order valence-electron chi connectivity index (χ1n) is 7.17. The van der Waals surface area contributed by atoms with Crippen LogP contribution in [0.25, 0.3) is 0 Å². The molecule has 0 atom stereocenters. The quantitative estimate of drug-likeness (QED) is 0.737. The molecule has 22 heavy (non-hydrogen) atoms. The first-order chi connectivity index (χ1) is 10.5. The van der Waals surface area contributed by atoms with Gasteiger partial charge in [0, 0.05) is 19.1 Å². The fourth-order valence-electron chi connectivity index (χ4n) is 1.94. The zero-order valence-corrected chi connectivity index (χ0v) is 13.6. The SMILES string of the molecule is CCOc1ccc(CCc2nc(CCS(C)(=O)=O)no2)cc1. The summed E-state index contributed by atoms with van der Waals surface area (Å²) < 4.78 is 32.7. The van der Waals surface area contributed by atoms with Crippen molar-refractivity contribution in [1.82, 2.24) is 10.1 Å². The van der Waals surface area contributed by atoms with Gasteiger partial charge in [-0.15, -0.1) is 0 Å². The fourth-order valence-corrected chi connectivity index (χ4v) is 2.49. The monoisotopic (exact) mass is 324 g/mol. The van der Waals surface area contributed by atoms with Crippen molar-refractivity contribution in [3.63, 3.8) is 0 Å². The summed E-state index contributed by atoms with van der Waals surface area (Å²) >= 11 is 0. The Morgan fingerprint density at radius 3 is 2.50 bits per heavy atom. The Balaban J connectivity index is 1.85. The molecular formula is C15H20N2O4S. The van der Waals surface area contributed by atoms with Gasteiger partial charge in [0.15, 0.2) is 5.82 Å². The molecular weight excluding hydrogens is 304 g/mol. The molecule has 2 aromatic rings. The molecule has 120 valence electrons. The lowest BCUT2D eigenvalue weighted by molar-refractivity contribution is 0.340. The standard InChI is InChI=1S/C15H20N2O4S/c1-3-20-13-7-4-12(5-8-13)6-9-15-16-14(17-21-15)10-11-22(2,18)19/h4-5,7-8H,3,6,9-11H2,1-2H3. The van der Waals surface area contributed by atoms with Crippen molar-refractivity contribution in [3.8, 4) is 5.75 Å². The molecule has 1 heterocycles. The third kappa shape index (κ3) is 5.48. The minimum absolute atomic E-state index is 0.0326. The molecule has 0 saturated heterocycles. The molecule has 7 heteroatoms. The van der Waals surface area contributed by atoms with Gasteiger partial charge >= 0.3 is 0 Å². The van der Waals surface area contributed by atoms with Crippen molar-refractivity contribution < 1.29 is 17.7 Å². The van der Waals surface area contributed by atoms with Crippen molar-refractivity contribution in [1.29, 1.82) is 0 Å². The highest BCUT2D eigenvalue weighted by atomic mass is 32.2. The lowest BCUT2D eigenvalue weighted by Gasteiger charge is -2.03. The number of aryl methyl sites for hydroxylation is 3. The molecule has 0 bridgehead atoms. The van der Waals surface area contributed by atoms with E-state index >= 15 is 0 Å². The van der Waals surface area contributed by atoms with E-state index in [4.69, 9.17) is 9.26 Å². The number of aromatic nitrogens is 2. The molecule has 0 aliphatic heterocycles. The summed E-state index contributed by atoms with van der Waals surface area (Å²) in [6, 6.07) is 7.88. The second-order valence-electron chi connectivity index (χ2n) is 5.06. The Hall–Kier alpha value is -1.89. The zero-order valence-electron chi connectivity index (χ0n) is 12.8. The maximum Gasteiger partial charge on any atom is 0.226 e. The first-order valence-corrected chi connectivity index (χ1v) is 9.23. The summed E-state index contributed by atoms with van der Waals surface area (Å²) in [4.78, 5) is 4.21. The fraction of sp³-hybridized carbons (Fsp3) is 0.467. The van der Waals surface area contributed by atoms with Crippen LogP contribution in [-0.4, -0.2) is 37.2 Å². The highest BCUT2D eigenvalue weighted by Crippen LogP contribution is 2.13. The van der Waals surface area contributed by atoms with Gasteiger partial charge in [-0.25, -0.2) is 8.42 Å². The number of rotatable bonds is 8. The number of nitrogens with zero attached hydrogens (tertiary/aromatic N) is 2. The number of sulfone groups is 1. The minimum atomic E-state index is -3.01. The molecule has 0 fully saturated rings. The molecule has 6 nitrogen and oxygen atoms in total. The maximum atomic E-state index is 11.1. The van der Waals surface area contributed by atoms with Crippen LogP contribution < -0.4 is 4.74 Å². The van der Waals surface area contributed by atoms with E-state index in [9.17, 15) is 8.42 Å². The van der Waals surface area contributed by atoms with Crippen molar-refractivity contribution >= 4 is 9.84 Å². The van der Waals surface area contributed by atoms with Gasteiger partial charge in [0.25, 0.3) is 0 Å². The first kappa shape index (κ1) is 16.5. The van der Waals surface area contributed by atoms with Gasteiger partial charge in [0.2, 0.25) is 5.89 Å². The van der Waals surface area contributed by atoms with Crippen LogP contribution in [0.2, 0.25) is 0 Å². The van der Waals surface area contributed by atoms with Crippen molar-refractivity contribution in [2.24, 2.45) is 0 Å². The van der Waals surface area contributed by atoms with Crippen LogP contribution >= 0.6 is 0 Å². The Labute approximate surface area is 130 Å². The van der Waals surface area contributed by atoms with E-state index in [-0.39, 0.29) is 12.2 Å². The van der Waals surface area contributed by atoms with E-state index in [2.05, 4.69) is 10.1 Å². The second-order valence-corrected chi connectivity index (χ2v) is 7.32. The number of hydrogen-bond donors (Lipinski definition) is 0. The lowest BCUT2D eigenvalue weighted by atomic mass is 10.1. The molecule has 0 saturated carbocycles. The minimum Gasteiger partial charge on any atom is -0.494 e. The van der Waals surface area contributed by atoms with Crippen LogP contribution in [0.3, 0.4) is 0 Å². The summed E-state index contributed by atoms with van der Waals surface area (Å²) in [5.41, 5.74) is 1.15. The number of ether oxygens (including phenoxy) is 1. The molecule has 1 aromatic heterocycles. The molecule has 0 aliphatic rings. The van der Waals surface area contributed by atoms with Gasteiger partial charge in [0.05, 0.1) is 12.4 Å². The molecule has 0 aliphatic carbocycles. The normalized spacial score (nSPS) is 11.5. The molecule has 0 N–H and O–H groups in total. The van der Waals surface area contributed by atoms with Crippen LogP contribution in [0.1, 0.15) is 24.2 Å². The average molecular weight is 324 g/mol. The third-order valence-electron chi connectivity index (χ3n) is 3.07. The van der Waals surface area contributed by atoms with E-state index in [1.807, 2.05) is 31.2 Å². The van der Waals surface area contributed by atoms with E-state index in [0.29, 0.717) is 24.7 Å². The van der Waals surface area contributed by atoms with Gasteiger partial charge in [-0.05, 0) is 31.0 Å². The Morgan fingerprint density at radius 2 is 1.86 bits per heavy atom. The van der Waals surface area contributed by atoms with Crippen LogP contribution in [0.4, 0.5) is 0 Å². The predicted molar refractivity (Wildman–Crippen MR) is 82.7 cm³/mol. The van der Waals surface area contributed by atoms with Gasteiger partial charge < -0.3 is 9.26 Å². The second kappa shape index (κ2) is 7.40. The van der Waals surface area contributed by atoms with Crippen molar-refractivity contribution in [2.45, 2.75) is 26.2 Å². The van der Waals surface area contributed by atoms with Crippen LogP contribution in [0, 0.1) is 0 Å². The van der Waals surface area contributed by atoms with E-state index in [0.717, 1.165) is 17.7 Å². The maximum absolute atomic E-state index is 11.1. The van der Waals surface area contributed by atoms with Gasteiger partial charge in [0.1, 0.15) is 15.6 Å². The molecule has 0 radical (unpaired) electrons. The summed E-state index contributed by atoms with van der Waals surface area (Å²) in [7, 11) is -3.01. The zero-order chi connectivity index (χ0) is 16.0. The molecule has 0 spiro atoms. The van der Waals surface area contributed by atoms with Crippen molar-refractivity contribution in [3.05, 3.63) is 41.5 Å². The average Bonchev–Trinajstić information content (AvgIpc) is 2.92. The highest BCUT2D eigenvalue weighted by molar-refractivity contribution is 7.90. The summed E-state index contributed by atoms with van der Waals surface area (Å²) in [5, 5.41) is 3.80. The van der Waals surface area contributed by atoms with E-state index < -0.39 is 9.84 Å². The lowest BCUT2D eigenvalue weighted by Crippen LogP contribution is -2.06. The largest absolute Gasteiger partial charge is 0.494 e. The van der Waals surface area contributed by atoms with Crippen LogP contribution in [0.15, 0.2) is 28.8 Å². The van der Waals surface area contributed by atoms with Crippen LogP contribution in [0.5, 0.6) is 5.75 Å². The Morgan fingerprint density at radius 1 is 1.14 bits per heavy atom. The number of benzene rings is 1. The van der Waals surface area contributed by atoms with Gasteiger partial charge in [-0.2, -0.15) is 4.98 Å². The molecule has 0 unspecified atom stereocenters. The highest BCUT2D eigenvalue weighted by Gasteiger charge is 2.10. The Bertz CT molecular complexity index is 693. The smallest absolute Gasteiger partial charge is 0.226 e. The topological polar surface area (TPSA) is 82.3 Å². The van der Waals surface area contributed by atoms with E-state index in [1.165, 1.54) is 6.26 Å². The molecule has 0 amide bonds. The van der Waals surface area contributed by atoms with Gasteiger partial charge in [-0.1, -0.05) is 17.3 Å². The third-order valence-corrected chi connectivity index (χ3v) is 4.01. The van der Waals surface area contributed by atoms with Gasteiger partial charge in [-0.3, -0.25) is 0 Å². The Kier molecular flexibility index (Phi) is 5.54. The summed E-state index contributed by atoms with van der Waals surface area (Å²) in [6.45, 7) is 2.60. The van der Waals surface area contributed by atoms with E-state index in [1.54, 1.807) is 0 Å². The molecule has 1 aromatic carbocycles.